The van der Waals surface area contributed by atoms with Crippen LogP contribution in [-0.2, 0) is 11.3 Å². The molecule has 0 spiro atoms. The van der Waals surface area contributed by atoms with Gasteiger partial charge >= 0.3 is 0 Å². The lowest BCUT2D eigenvalue weighted by Crippen LogP contribution is -2.31. The average molecular weight is 426 g/mol. The van der Waals surface area contributed by atoms with Gasteiger partial charge in [0.25, 0.3) is 5.91 Å². The van der Waals surface area contributed by atoms with Gasteiger partial charge in [-0.25, -0.2) is 9.37 Å². The zero-order valence-electron chi connectivity index (χ0n) is 17.0. The van der Waals surface area contributed by atoms with Crippen LogP contribution in [0.3, 0.4) is 0 Å². The minimum absolute atomic E-state index is 0.0957. The van der Waals surface area contributed by atoms with Crippen LogP contribution < -0.4 is 10.2 Å². The maximum Gasteiger partial charge on any atom is 0.260 e. The third-order valence-corrected chi connectivity index (χ3v) is 5.45. The molecule has 0 atom stereocenters. The largest absolute Gasteiger partial charge is 0.352 e. The van der Waals surface area contributed by atoms with Crippen molar-refractivity contribution in [3.05, 3.63) is 70.9 Å². The summed E-state index contributed by atoms with van der Waals surface area (Å²) in [4.78, 5) is 30.6. The van der Waals surface area contributed by atoms with E-state index in [1.54, 1.807) is 29.2 Å². The maximum atomic E-state index is 13.2. The number of nitrogens with one attached hydrogen (secondary N) is 1. The third kappa shape index (κ3) is 5.51. The zero-order valence-corrected chi connectivity index (χ0v) is 17.8. The van der Waals surface area contributed by atoms with E-state index < -0.39 is 0 Å². The summed E-state index contributed by atoms with van der Waals surface area (Å²) in [7, 11) is 0. The van der Waals surface area contributed by atoms with E-state index in [4.69, 9.17) is 0 Å². The van der Waals surface area contributed by atoms with Gasteiger partial charge in [-0.3, -0.25) is 14.5 Å². The van der Waals surface area contributed by atoms with E-state index in [0.29, 0.717) is 23.8 Å². The number of rotatable bonds is 8. The predicted octanol–water partition coefficient (Wildman–Crippen LogP) is 5.03. The quantitative estimate of drug-likeness (QED) is 0.550. The number of hydrogen-bond donors (Lipinski definition) is 1. The van der Waals surface area contributed by atoms with Gasteiger partial charge in [0.05, 0.1) is 5.69 Å². The van der Waals surface area contributed by atoms with Gasteiger partial charge in [-0.2, -0.15) is 0 Å². The number of anilines is 1. The van der Waals surface area contributed by atoms with Gasteiger partial charge in [0.2, 0.25) is 5.91 Å². The summed E-state index contributed by atoms with van der Waals surface area (Å²) in [5, 5.41) is 5.24. The van der Waals surface area contributed by atoms with Gasteiger partial charge in [0.1, 0.15) is 5.82 Å². The summed E-state index contributed by atoms with van der Waals surface area (Å²) >= 11 is 1.40. The summed E-state index contributed by atoms with van der Waals surface area (Å²) in [6.07, 6.45) is 1.81. The molecule has 0 fully saturated rings. The lowest BCUT2D eigenvalue weighted by molar-refractivity contribution is -0.119. The normalized spacial score (nSPS) is 10.6. The number of nitrogens with zero attached hydrogens (tertiary/aromatic N) is 2. The molecule has 0 saturated carbocycles. The summed E-state index contributed by atoms with van der Waals surface area (Å²) in [6.45, 7) is 4.54. The molecule has 0 unspecified atom stereocenters. The Labute approximate surface area is 179 Å². The van der Waals surface area contributed by atoms with Crippen molar-refractivity contribution in [3.63, 3.8) is 0 Å². The molecule has 1 heterocycles. The van der Waals surface area contributed by atoms with E-state index in [9.17, 15) is 14.0 Å². The second kappa shape index (κ2) is 10.1. The SMILES string of the molecule is CCCCN(C(=O)c1ccc(CNC(C)=O)cc1)c1nc(-c2ccc(F)cc2)cs1. The number of amides is 2. The van der Waals surface area contributed by atoms with Gasteiger partial charge in [0.15, 0.2) is 5.13 Å². The smallest absolute Gasteiger partial charge is 0.260 e. The number of benzene rings is 2. The molecule has 0 bridgehead atoms. The van der Waals surface area contributed by atoms with Crippen LogP contribution >= 0.6 is 11.3 Å². The average Bonchev–Trinajstić information content (AvgIpc) is 3.23. The summed E-state index contributed by atoms with van der Waals surface area (Å²) in [5.74, 6) is -0.507. The standard InChI is InChI=1S/C23H24FN3O2S/c1-3-4-13-27(22(29)19-7-5-17(6-8-19)14-25-16(2)28)23-26-21(15-30-23)18-9-11-20(24)12-10-18/h5-12,15H,3-4,13-14H2,1-2H3,(H,25,28). The highest BCUT2D eigenvalue weighted by molar-refractivity contribution is 7.14. The number of carbonyl (C=O) groups is 2. The highest BCUT2D eigenvalue weighted by atomic mass is 32.1. The Morgan fingerprint density at radius 3 is 2.43 bits per heavy atom. The summed E-state index contributed by atoms with van der Waals surface area (Å²) in [5.41, 5.74) is 3.02. The lowest BCUT2D eigenvalue weighted by atomic mass is 10.1. The number of unbranched alkanes of at least 4 members (excludes halogenated alkanes) is 1. The van der Waals surface area contributed by atoms with E-state index in [2.05, 4.69) is 17.2 Å². The highest BCUT2D eigenvalue weighted by Crippen LogP contribution is 2.29. The third-order valence-electron chi connectivity index (χ3n) is 4.59. The van der Waals surface area contributed by atoms with Gasteiger partial charge in [-0.15, -0.1) is 11.3 Å². The lowest BCUT2D eigenvalue weighted by Gasteiger charge is -2.20. The Morgan fingerprint density at radius 1 is 1.10 bits per heavy atom. The molecule has 0 aliphatic heterocycles. The van der Waals surface area contributed by atoms with Crippen LogP contribution in [0.2, 0.25) is 0 Å². The molecule has 30 heavy (non-hydrogen) atoms. The van der Waals surface area contributed by atoms with Crippen LogP contribution in [0.5, 0.6) is 0 Å². The number of carbonyl (C=O) groups excluding carboxylic acids is 2. The highest BCUT2D eigenvalue weighted by Gasteiger charge is 2.20. The minimum atomic E-state index is -0.295. The van der Waals surface area contributed by atoms with Gasteiger partial charge in [-0.1, -0.05) is 25.5 Å². The van der Waals surface area contributed by atoms with Crippen molar-refractivity contribution in [1.82, 2.24) is 10.3 Å². The van der Waals surface area contributed by atoms with Gasteiger partial charge < -0.3 is 5.32 Å². The first kappa shape index (κ1) is 21.6. The number of halogens is 1. The van der Waals surface area contributed by atoms with Crippen LogP contribution in [0.25, 0.3) is 11.3 Å². The molecule has 7 heteroatoms. The molecular weight excluding hydrogens is 401 g/mol. The Balaban J connectivity index is 1.81. The summed E-state index contributed by atoms with van der Waals surface area (Å²) < 4.78 is 13.2. The first-order valence-electron chi connectivity index (χ1n) is 9.84. The van der Waals surface area contributed by atoms with Crippen LogP contribution in [0.1, 0.15) is 42.6 Å². The molecule has 156 valence electrons. The molecule has 5 nitrogen and oxygen atoms in total. The fourth-order valence-corrected chi connectivity index (χ4v) is 3.75. The van der Waals surface area contributed by atoms with Crippen LogP contribution in [0.4, 0.5) is 9.52 Å². The molecule has 0 saturated heterocycles. The molecule has 2 amide bonds. The fourth-order valence-electron chi connectivity index (χ4n) is 2.89. The fraction of sp³-hybridized carbons (Fsp3) is 0.261. The monoisotopic (exact) mass is 425 g/mol. The van der Waals surface area contributed by atoms with E-state index >= 15 is 0 Å². The molecule has 3 rings (SSSR count). The van der Waals surface area contributed by atoms with Crippen molar-refractivity contribution < 1.29 is 14.0 Å². The molecule has 2 aromatic carbocycles. The maximum absolute atomic E-state index is 13.2. The minimum Gasteiger partial charge on any atom is -0.352 e. The van der Waals surface area contributed by atoms with Crippen molar-refractivity contribution in [2.75, 3.05) is 11.4 Å². The molecule has 3 aromatic rings. The second-order valence-corrected chi connectivity index (χ2v) is 7.78. The van der Waals surface area contributed by atoms with Crippen LogP contribution in [0, 0.1) is 5.82 Å². The Bertz CT molecular complexity index is 1000. The molecule has 0 aliphatic carbocycles. The summed E-state index contributed by atoms with van der Waals surface area (Å²) in [6, 6.07) is 13.4. The topological polar surface area (TPSA) is 62.3 Å². The van der Waals surface area contributed by atoms with Crippen LogP contribution in [-0.4, -0.2) is 23.3 Å². The molecule has 1 aromatic heterocycles. The number of thiazole rings is 1. The first-order valence-corrected chi connectivity index (χ1v) is 10.7. The molecule has 0 radical (unpaired) electrons. The Hall–Kier alpha value is -3.06. The second-order valence-electron chi connectivity index (χ2n) is 6.94. The Morgan fingerprint density at radius 2 is 1.80 bits per heavy atom. The van der Waals surface area contributed by atoms with Crippen molar-refractivity contribution in [1.29, 1.82) is 0 Å². The van der Waals surface area contributed by atoms with E-state index in [0.717, 1.165) is 29.7 Å². The molecule has 0 aliphatic rings. The first-order chi connectivity index (χ1) is 14.5. The van der Waals surface area contributed by atoms with E-state index in [-0.39, 0.29) is 17.6 Å². The van der Waals surface area contributed by atoms with Crippen molar-refractivity contribution in [2.45, 2.75) is 33.2 Å². The zero-order chi connectivity index (χ0) is 21.5. The molecular formula is C23H24FN3O2S. The van der Waals surface area contributed by atoms with E-state index in [1.165, 1.54) is 30.4 Å². The molecule has 1 N–H and O–H groups in total. The Kier molecular flexibility index (Phi) is 7.30. The predicted molar refractivity (Wildman–Crippen MR) is 118 cm³/mol. The van der Waals surface area contributed by atoms with Gasteiger partial charge in [-0.05, 0) is 48.4 Å². The van der Waals surface area contributed by atoms with Crippen molar-refractivity contribution >= 4 is 28.3 Å². The number of aromatic nitrogens is 1. The number of hydrogen-bond acceptors (Lipinski definition) is 4. The van der Waals surface area contributed by atoms with Crippen LogP contribution in [0.15, 0.2) is 53.9 Å². The van der Waals surface area contributed by atoms with Gasteiger partial charge in [0, 0.05) is 36.5 Å². The van der Waals surface area contributed by atoms with Crippen molar-refractivity contribution in [2.24, 2.45) is 0 Å². The van der Waals surface area contributed by atoms with E-state index in [1.807, 2.05) is 17.5 Å². The van der Waals surface area contributed by atoms with Crippen molar-refractivity contribution in [3.8, 4) is 11.3 Å².